The average Bonchev–Trinajstić information content (AvgIpc) is 2.29. The van der Waals surface area contributed by atoms with Crippen LogP contribution in [0.4, 0.5) is 0 Å². The molecule has 1 aromatic rings. The van der Waals surface area contributed by atoms with E-state index in [0.29, 0.717) is 12.2 Å². The third-order valence-corrected chi connectivity index (χ3v) is 2.81. The second kappa shape index (κ2) is 6.33. The molecule has 1 rings (SSSR count). The second-order valence-corrected chi connectivity index (χ2v) is 3.95. The van der Waals surface area contributed by atoms with Crippen molar-refractivity contribution in [3.8, 4) is 0 Å². The van der Waals surface area contributed by atoms with Crippen LogP contribution in [0.25, 0.3) is 0 Å². The van der Waals surface area contributed by atoms with Gasteiger partial charge in [0, 0.05) is 10.5 Å². The minimum Gasteiger partial charge on any atom is -0.466 e. The number of benzene rings is 1. The van der Waals surface area contributed by atoms with Gasteiger partial charge in [0.15, 0.2) is 5.78 Å². The van der Waals surface area contributed by atoms with Crippen molar-refractivity contribution in [3.63, 3.8) is 0 Å². The van der Waals surface area contributed by atoms with Gasteiger partial charge >= 0.3 is 5.97 Å². The first-order valence-electron chi connectivity index (χ1n) is 5.00. The molecule has 1 aromatic carbocycles. The minimum absolute atomic E-state index is 0.189. The van der Waals surface area contributed by atoms with Gasteiger partial charge in [-0.25, -0.2) is 0 Å². The molecule has 0 heterocycles. The van der Waals surface area contributed by atoms with Crippen LogP contribution in [-0.4, -0.2) is 24.6 Å². The van der Waals surface area contributed by atoms with E-state index in [4.69, 9.17) is 4.74 Å². The normalized spacial score (nSPS) is 9.88. The maximum absolute atomic E-state index is 11.8. The lowest BCUT2D eigenvalue weighted by Crippen LogP contribution is -2.11. The van der Waals surface area contributed by atoms with E-state index in [9.17, 15) is 9.59 Å². The van der Waals surface area contributed by atoms with Gasteiger partial charge in [0.2, 0.25) is 0 Å². The molecule has 0 amide bonds. The lowest BCUT2D eigenvalue weighted by molar-refractivity contribution is -0.141. The Labute approximate surface area is 99.2 Å². The lowest BCUT2D eigenvalue weighted by Gasteiger charge is -2.05. The van der Waals surface area contributed by atoms with E-state index >= 15 is 0 Å². The maximum atomic E-state index is 11.8. The summed E-state index contributed by atoms with van der Waals surface area (Å²) in [6.45, 7) is 2.02. The molecular weight excluding hydrogens is 224 g/mol. The number of esters is 1. The van der Waals surface area contributed by atoms with Crippen molar-refractivity contribution >= 4 is 23.5 Å². The summed E-state index contributed by atoms with van der Waals surface area (Å²) in [6, 6.07) is 7.25. The summed E-state index contributed by atoms with van der Waals surface area (Å²) in [7, 11) is 0. The van der Waals surface area contributed by atoms with Crippen LogP contribution in [-0.2, 0) is 9.53 Å². The first-order chi connectivity index (χ1) is 7.69. The predicted molar refractivity (Wildman–Crippen MR) is 63.8 cm³/mol. The number of Topliss-reactive ketones (excluding diaryl/α,β-unsaturated/α-hetero) is 1. The maximum Gasteiger partial charge on any atom is 0.313 e. The van der Waals surface area contributed by atoms with E-state index in [0.717, 1.165) is 4.90 Å². The van der Waals surface area contributed by atoms with Crippen LogP contribution in [0.1, 0.15) is 23.7 Å². The summed E-state index contributed by atoms with van der Waals surface area (Å²) in [4.78, 5) is 23.9. The van der Waals surface area contributed by atoms with Gasteiger partial charge < -0.3 is 4.74 Å². The van der Waals surface area contributed by atoms with Gasteiger partial charge in [-0.2, -0.15) is 0 Å². The van der Waals surface area contributed by atoms with Crippen molar-refractivity contribution in [2.24, 2.45) is 0 Å². The van der Waals surface area contributed by atoms with Crippen molar-refractivity contribution in [3.05, 3.63) is 29.8 Å². The van der Waals surface area contributed by atoms with E-state index in [1.165, 1.54) is 11.8 Å². The first-order valence-corrected chi connectivity index (χ1v) is 6.23. The molecule has 0 N–H and O–H groups in total. The first kappa shape index (κ1) is 12.8. The number of hydrogen-bond acceptors (Lipinski definition) is 4. The molecule has 0 spiro atoms. The average molecular weight is 238 g/mol. The molecular formula is C12H14O3S. The number of carbonyl (C=O) groups is 2. The van der Waals surface area contributed by atoms with Gasteiger partial charge in [0.25, 0.3) is 0 Å². The number of thioether (sulfide) groups is 1. The highest BCUT2D eigenvalue weighted by molar-refractivity contribution is 7.98. The fourth-order valence-corrected chi connectivity index (χ4v) is 1.93. The SMILES string of the molecule is CCOC(=O)CC(=O)c1ccccc1SC. The van der Waals surface area contributed by atoms with Gasteiger partial charge in [-0.1, -0.05) is 18.2 Å². The zero-order chi connectivity index (χ0) is 12.0. The summed E-state index contributed by atoms with van der Waals surface area (Å²) in [5.41, 5.74) is 0.586. The molecule has 0 atom stereocenters. The van der Waals surface area contributed by atoms with Crippen LogP contribution in [0, 0.1) is 0 Å². The molecule has 16 heavy (non-hydrogen) atoms. The molecule has 0 saturated heterocycles. The van der Waals surface area contributed by atoms with Gasteiger partial charge in [-0.05, 0) is 19.2 Å². The molecule has 0 saturated carbocycles. The van der Waals surface area contributed by atoms with Gasteiger partial charge in [0.1, 0.15) is 6.42 Å². The van der Waals surface area contributed by atoms with E-state index in [1.807, 2.05) is 18.4 Å². The summed E-state index contributed by atoms with van der Waals surface area (Å²) in [5.74, 6) is -0.660. The summed E-state index contributed by atoms with van der Waals surface area (Å²) in [6.07, 6.45) is 1.71. The van der Waals surface area contributed by atoms with Crippen molar-refractivity contribution in [1.82, 2.24) is 0 Å². The van der Waals surface area contributed by atoms with Crippen molar-refractivity contribution < 1.29 is 14.3 Å². The molecule has 0 radical (unpaired) electrons. The van der Waals surface area contributed by atoms with E-state index < -0.39 is 5.97 Å². The van der Waals surface area contributed by atoms with Crippen LogP contribution in [0.5, 0.6) is 0 Å². The van der Waals surface area contributed by atoms with Crippen LogP contribution in [0.2, 0.25) is 0 Å². The third-order valence-electron chi connectivity index (χ3n) is 2.02. The highest BCUT2D eigenvalue weighted by Crippen LogP contribution is 2.21. The third kappa shape index (κ3) is 3.38. The summed E-state index contributed by atoms with van der Waals surface area (Å²) >= 11 is 1.49. The van der Waals surface area contributed by atoms with E-state index in [2.05, 4.69) is 0 Å². The number of rotatable bonds is 5. The Morgan fingerprint density at radius 3 is 2.62 bits per heavy atom. The molecule has 0 unspecified atom stereocenters. The molecule has 0 aliphatic carbocycles. The molecule has 86 valence electrons. The van der Waals surface area contributed by atoms with Gasteiger partial charge in [-0.15, -0.1) is 11.8 Å². The Morgan fingerprint density at radius 2 is 2.00 bits per heavy atom. The smallest absolute Gasteiger partial charge is 0.313 e. The number of ether oxygens (including phenoxy) is 1. The Bertz CT molecular complexity index is 388. The molecule has 3 nitrogen and oxygen atoms in total. The topological polar surface area (TPSA) is 43.4 Å². The highest BCUT2D eigenvalue weighted by Gasteiger charge is 2.15. The Kier molecular flexibility index (Phi) is 5.05. The van der Waals surface area contributed by atoms with Gasteiger partial charge in [-0.3, -0.25) is 9.59 Å². The summed E-state index contributed by atoms with van der Waals surface area (Å²) < 4.78 is 4.74. The fourth-order valence-electron chi connectivity index (χ4n) is 1.31. The number of ketones is 1. The Hall–Kier alpha value is -1.29. The standard InChI is InChI=1S/C12H14O3S/c1-3-15-12(14)8-10(13)9-6-4-5-7-11(9)16-2/h4-7H,3,8H2,1-2H3. The molecule has 0 fully saturated rings. The predicted octanol–water partition coefficient (Wildman–Crippen LogP) is 2.54. The molecule has 0 aliphatic rings. The number of hydrogen-bond donors (Lipinski definition) is 0. The zero-order valence-electron chi connectivity index (χ0n) is 9.36. The Morgan fingerprint density at radius 1 is 1.31 bits per heavy atom. The molecule has 0 aromatic heterocycles. The van der Waals surface area contributed by atoms with Crippen LogP contribution in [0.3, 0.4) is 0 Å². The van der Waals surface area contributed by atoms with Crippen LogP contribution in [0.15, 0.2) is 29.2 Å². The quantitative estimate of drug-likeness (QED) is 0.342. The fraction of sp³-hybridized carbons (Fsp3) is 0.333. The lowest BCUT2D eigenvalue weighted by atomic mass is 10.1. The second-order valence-electron chi connectivity index (χ2n) is 3.11. The van der Waals surface area contributed by atoms with Crippen LogP contribution < -0.4 is 0 Å². The van der Waals surface area contributed by atoms with E-state index in [1.54, 1.807) is 19.1 Å². The largest absolute Gasteiger partial charge is 0.466 e. The van der Waals surface area contributed by atoms with Crippen LogP contribution >= 0.6 is 11.8 Å². The number of carbonyl (C=O) groups excluding carboxylic acids is 2. The zero-order valence-corrected chi connectivity index (χ0v) is 10.2. The minimum atomic E-state index is -0.469. The van der Waals surface area contributed by atoms with Gasteiger partial charge in [0.05, 0.1) is 6.61 Å². The summed E-state index contributed by atoms with van der Waals surface area (Å²) in [5, 5.41) is 0. The highest BCUT2D eigenvalue weighted by atomic mass is 32.2. The Balaban J connectivity index is 2.76. The molecule has 4 heteroatoms. The van der Waals surface area contributed by atoms with Crippen molar-refractivity contribution in [2.45, 2.75) is 18.2 Å². The molecule has 0 aliphatic heterocycles. The van der Waals surface area contributed by atoms with Crippen molar-refractivity contribution in [1.29, 1.82) is 0 Å². The molecule has 0 bridgehead atoms. The van der Waals surface area contributed by atoms with E-state index in [-0.39, 0.29) is 12.2 Å². The van der Waals surface area contributed by atoms with Crippen molar-refractivity contribution in [2.75, 3.05) is 12.9 Å². The monoisotopic (exact) mass is 238 g/mol.